The summed E-state index contributed by atoms with van der Waals surface area (Å²) < 4.78 is 22.0. The van der Waals surface area contributed by atoms with E-state index in [1.54, 1.807) is 0 Å². The number of hydrogen-bond acceptors (Lipinski definition) is 5. The van der Waals surface area contributed by atoms with Crippen molar-refractivity contribution in [2.45, 2.75) is 109 Å². The molecule has 9 heteroatoms. The standard InChI is InChI=1S/C48H61FN4O4/c1-35(54)57-37-30-28-36(29-31-37)45(49)46(56)51-33-19-8-7-18-32-50-44(55)27-13-10-20-34-53-41-24-17-15-22-39(41)48(4,5)43(53)26-12-9-11-25-42-47(2,3)38-21-14-16-23-40(38)52(42)6/h9,11-12,14-17,21-26,28-31,35,45,54H,7-8,10,13,18-20,27,32-34H2,1-6H3,(H-,50,51,55,56)/p+1. The third kappa shape index (κ3) is 10.9. The number of nitrogens with zero attached hydrogens (tertiary/aromatic N) is 2. The summed E-state index contributed by atoms with van der Waals surface area (Å²) in [6, 6.07) is 23.3. The minimum absolute atomic E-state index is 0.0529. The number of rotatable bonds is 20. The zero-order valence-corrected chi connectivity index (χ0v) is 34.7. The minimum atomic E-state index is -1.77. The van der Waals surface area contributed by atoms with Crippen molar-refractivity contribution < 1.29 is 28.4 Å². The molecule has 57 heavy (non-hydrogen) atoms. The van der Waals surface area contributed by atoms with E-state index in [0.29, 0.717) is 25.3 Å². The van der Waals surface area contributed by atoms with Gasteiger partial charge in [-0.15, -0.1) is 0 Å². The second kappa shape index (κ2) is 19.9. The number of carbonyl (C=O) groups is 2. The van der Waals surface area contributed by atoms with Crippen LogP contribution in [0.2, 0.25) is 0 Å². The normalized spacial score (nSPS) is 17.3. The van der Waals surface area contributed by atoms with Gasteiger partial charge in [0, 0.05) is 60.6 Å². The zero-order valence-electron chi connectivity index (χ0n) is 34.7. The van der Waals surface area contributed by atoms with Gasteiger partial charge < -0.3 is 25.4 Å². The van der Waals surface area contributed by atoms with Gasteiger partial charge in [0.15, 0.2) is 12.0 Å². The van der Waals surface area contributed by atoms with Crippen molar-refractivity contribution in [2.24, 2.45) is 0 Å². The van der Waals surface area contributed by atoms with E-state index in [2.05, 4.69) is 134 Å². The smallest absolute Gasteiger partial charge is 0.259 e. The number of halogens is 1. The van der Waals surface area contributed by atoms with Gasteiger partial charge >= 0.3 is 0 Å². The highest BCUT2D eigenvalue weighted by Crippen LogP contribution is 2.47. The van der Waals surface area contributed by atoms with E-state index >= 15 is 0 Å². The van der Waals surface area contributed by atoms with Crippen LogP contribution >= 0.6 is 0 Å². The molecule has 3 aromatic carbocycles. The molecule has 0 aromatic heterocycles. The van der Waals surface area contributed by atoms with Gasteiger partial charge in [0.1, 0.15) is 12.8 Å². The van der Waals surface area contributed by atoms with Crippen LogP contribution in [0.5, 0.6) is 5.75 Å². The number of unbranched alkanes of at least 4 members (excludes halogenated alkanes) is 5. The molecule has 3 N–H and O–H groups in total. The van der Waals surface area contributed by atoms with E-state index in [1.807, 2.05) is 0 Å². The molecule has 2 heterocycles. The number of alkyl halides is 1. The Labute approximate surface area is 339 Å². The molecule has 2 unspecified atom stereocenters. The molecule has 8 nitrogen and oxygen atoms in total. The topological polar surface area (TPSA) is 93.9 Å². The number of benzene rings is 3. The Kier molecular flexibility index (Phi) is 15.1. The summed E-state index contributed by atoms with van der Waals surface area (Å²) in [5.74, 6) is -0.181. The number of para-hydroxylation sites is 2. The van der Waals surface area contributed by atoms with Gasteiger partial charge in [-0.1, -0.05) is 99.9 Å². The zero-order chi connectivity index (χ0) is 41.0. The number of amides is 2. The first-order chi connectivity index (χ1) is 27.3. The highest BCUT2D eigenvalue weighted by molar-refractivity contribution is 6.03. The Morgan fingerprint density at radius 1 is 0.807 bits per heavy atom. The maximum absolute atomic E-state index is 14.6. The van der Waals surface area contributed by atoms with Crippen LogP contribution in [0.25, 0.3) is 0 Å². The lowest BCUT2D eigenvalue weighted by molar-refractivity contribution is -0.401. The van der Waals surface area contributed by atoms with Gasteiger partial charge in [0.05, 0.1) is 5.41 Å². The monoisotopic (exact) mass is 777 g/mol. The fourth-order valence-corrected chi connectivity index (χ4v) is 8.06. The van der Waals surface area contributed by atoms with Crippen molar-refractivity contribution in [3.05, 3.63) is 126 Å². The summed E-state index contributed by atoms with van der Waals surface area (Å²) >= 11 is 0. The van der Waals surface area contributed by atoms with E-state index in [4.69, 9.17) is 4.74 Å². The molecule has 2 aliphatic heterocycles. The highest BCUT2D eigenvalue weighted by Gasteiger charge is 2.42. The lowest BCUT2D eigenvalue weighted by Crippen LogP contribution is -2.28. The fraction of sp³-hybridized carbons (Fsp3) is 0.438. The summed E-state index contributed by atoms with van der Waals surface area (Å²) in [4.78, 5) is 27.2. The summed E-state index contributed by atoms with van der Waals surface area (Å²) in [6.07, 6.45) is 14.9. The van der Waals surface area contributed by atoms with Crippen LogP contribution in [-0.2, 0) is 20.4 Å². The van der Waals surface area contributed by atoms with Crippen LogP contribution in [-0.4, -0.2) is 60.2 Å². The molecule has 0 spiro atoms. The third-order valence-corrected chi connectivity index (χ3v) is 11.2. The van der Waals surface area contributed by atoms with Crippen LogP contribution < -0.4 is 20.3 Å². The van der Waals surface area contributed by atoms with Gasteiger partial charge in [-0.3, -0.25) is 9.59 Å². The molecule has 0 aliphatic carbocycles. The predicted molar refractivity (Wildman–Crippen MR) is 229 cm³/mol. The average molecular weight is 778 g/mol. The Morgan fingerprint density at radius 2 is 1.46 bits per heavy atom. The molecule has 2 aliphatic rings. The van der Waals surface area contributed by atoms with Crippen molar-refractivity contribution in [1.82, 2.24) is 10.6 Å². The molecule has 0 radical (unpaired) electrons. The highest BCUT2D eigenvalue weighted by atomic mass is 19.1. The minimum Gasteiger partial charge on any atom is -0.465 e. The predicted octanol–water partition coefficient (Wildman–Crippen LogP) is 9.27. The first-order valence-electron chi connectivity index (χ1n) is 20.6. The second-order valence-corrected chi connectivity index (χ2v) is 16.2. The summed E-state index contributed by atoms with van der Waals surface area (Å²) in [7, 11) is 2.15. The van der Waals surface area contributed by atoms with E-state index < -0.39 is 18.4 Å². The number of aliphatic hydroxyl groups excluding tert-OH is 1. The van der Waals surface area contributed by atoms with Crippen molar-refractivity contribution in [1.29, 1.82) is 0 Å². The molecule has 0 bridgehead atoms. The molecular weight excluding hydrogens is 716 g/mol. The SMILES string of the molecule is CC(O)Oc1ccc(C(F)C(=O)NCCCCCCNC(=O)CCCCCN2/C(=C/C=C/C=C/C3=[N+](C)c4ccccc4C3(C)C)C(C)(C)c3ccccc32)cc1. The lowest BCUT2D eigenvalue weighted by Gasteiger charge is -2.27. The third-order valence-electron chi connectivity index (χ3n) is 11.2. The van der Waals surface area contributed by atoms with E-state index in [9.17, 15) is 19.1 Å². The molecule has 5 rings (SSSR count). The number of nitrogens with one attached hydrogen (secondary N) is 2. The Hall–Kier alpha value is -5.02. The molecule has 0 saturated heterocycles. The Balaban J connectivity index is 0.985. The molecule has 0 saturated carbocycles. The number of allylic oxidation sites excluding steroid dienone is 6. The quantitative estimate of drug-likeness (QED) is 0.0461. The van der Waals surface area contributed by atoms with E-state index in [1.165, 1.54) is 65.1 Å². The van der Waals surface area contributed by atoms with Crippen LogP contribution in [0.1, 0.15) is 109 Å². The van der Waals surface area contributed by atoms with Crippen LogP contribution in [0.15, 0.2) is 109 Å². The average Bonchev–Trinajstić information content (AvgIpc) is 3.52. The summed E-state index contributed by atoms with van der Waals surface area (Å²) in [5.41, 5.74) is 7.84. The second-order valence-electron chi connectivity index (χ2n) is 16.2. The summed E-state index contributed by atoms with van der Waals surface area (Å²) in [5, 5.41) is 15.0. The van der Waals surface area contributed by atoms with Crippen molar-refractivity contribution in [3.8, 4) is 5.75 Å². The molecule has 2 atom stereocenters. The Bertz CT molecular complexity index is 1960. The van der Waals surface area contributed by atoms with Crippen molar-refractivity contribution >= 4 is 28.9 Å². The maximum atomic E-state index is 14.6. The lowest BCUT2D eigenvalue weighted by atomic mass is 9.81. The number of anilines is 1. The number of hydrogen-bond donors (Lipinski definition) is 3. The number of fused-ring (bicyclic) bond motifs is 2. The van der Waals surface area contributed by atoms with E-state index in [-0.39, 0.29) is 22.3 Å². The van der Waals surface area contributed by atoms with Crippen molar-refractivity contribution in [2.75, 3.05) is 31.6 Å². The fourth-order valence-electron chi connectivity index (χ4n) is 8.06. The molecular formula is C48H62FN4O4+. The van der Waals surface area contributed by atoms with Gasteiger partial charge in [-0.2, -0.15) is 4.58 Å². The summed E-state index contributed by atoms with van der Waals surface area (Å²) in [6.45, 7) is 12.6. The first-order valence-corrected chi connectivity index (χ1v) is 20.6. The van der Waals surface area contributed by atoms with Gasteiger partial charge in [0.2, 0.25) is 17.8 Å². The molecule has 2 amide bonds. The molecule has 0 fully saturated rings. The van der Waals surface area contributed by atoms with Crippen molar-refractivity contribution in [3.63, 3.8) is 0 Å². The Morgan fingerprint density at radius 3 is 2.16 bits per heavy atom. The number of carbonyl (C=O) groups excluding carboxylic acids is 2. The van der Waals surface area contributed by atoms with Gasteiger partial charge in [0.25, 0.3) is 5.91 Å². The van der Waals surface area contributed by atoms with Crippen LogP contribution in [0.4, 0.5) is 15.8 Å². The number of aliphatic hydroxyl groups is 1. The maximum Gasteiger partial charge on any atom is 0.259 e. The van der Waals surface area contributed by atoms with Gasteiger partial charge in [-0.05, 0) is 81.9 Å². The first kappa shape index (κ1) is 43.1. The van der Waals surface area contributed by atoms with E-state index in [0.717, 1.165) is 51.5 Å². The van der Waals surface area contributed by atoms with Crippen LogP contribution in [0.3, 0.4) is 0 Å². The largest absolute Gasteiger partial charge is 0.465 e. The van der Waals surface area contributed by atoms with Crippen LogP contribution in [0, 0.1) is 0 Å². The molecule has 304 valence electrons. The number of ether oxygens (including phenoxy) is 1. The van der Waals surface area contributed by atoms with Gasteiger partial charge in [-0.25, -0.2) is 4.39 Å². The molecule has 3 aromatic rings.